The molecule has 1 aromatic carbocycles. The lowest BCUT2D eigenvalue weighted by atomic mass is 10.0. The number of piperazine rings is 1. The van der Waals surface area contributed by atoms with Crippen LogP contribution >= 0.6 is 0 Å². The van der Waals surface area contributed by atoms with Crippen molar-refractivity contribution < 1.29 is 0 Å². The normalized spacial score (nSPS) is 18.6. The van der Waals surface area contributed by atoms with Crippen LogP contribution in [0.3, 0.4) is 0 Å². The maximum Gasteiger partial charge on any atom is 0.190 e. The Labute approximate surface area is 175 Å². The zero-order chi connectivity index (χ0) is 20.3. The second-order valence-corrected chi connectivity index (χ2v) is 7.58. The van der Waals surface area contributed by atoms with E-state index in [1.807, 2.05) is 25.4 Å². The summed E-state index contributed by atoms with van der Waals surface area (Å²) in [5.41, 5.74) is 2.51. The van der Waals surface area contributed by atoms with E-state index >= 15 is 0 Å². The van der Waals surface area contributed by atoms with Gasteiger partial charge in [0.25, 0.3) is 0 Å². The average Bonchev–Trinajstić information content (AvgIpc) is 2.77. The SMILES string of the molecule is CN=C(NCCCN1CCN(C)CC1c1ccccc1)NCCc1ccccn1. The third-order valence-corrected chi connectivity index (χ3v) is 5.42. The van der Waals surface area contributed by atoms with Crippen LogP contribution in [0.1, 0.15) is 23.7 Å². The number of nitrogens with one attached hydrogen (secondary N) is 2. The Balaban J connectivity index is 1.40. The second kappa shape index (κ2) is 11.5. The molecule has 0 saturated carbocycles. The van der Waals surface area contributed by atoms with Crippen molar-refractivity contribution >= 4 is 5.96 Å². The first-order valence-corrected chi connectivity index (χ1v) is 10.6. The van der Waals surface area contributed by atoms with Gasteiger partial charge in [-0.15, -0.1) is 0 Å². The van der Waals surface area contributed by atoms with Gasteiger partial charge in [-0.2, -0.15) is 0 Å². The molecule has 1 aromatic heterocycles. The highest BCUT2D eigenvalue weighted by Crippen LogP contribution is 2.24. The predicted molar refractivity (Wildman–Crippen MR) is 120 cm³/mol. The molecule has 1 aliphatic rings. The molecule has 6 nitrogen and oxygen atoms in total. The molecular weight excluding hydrogens is 360 g/mol. The smallest absolute Gasteiger partial charge is 0.190 e. The van der Waals surface area contributed by atoms with Crippen molar-refractivity contribution in [2.75, 3.05) is 53.4 Å². The molecule has 2 N–H and O–H groups in total. The summed E-state index contributed by atoms with van der Waals surface area (Å²) in [6.45, 7) is 6.17. The minimum atomic E-state index is 0.478. The van der Waals surface area contributed by atoms with E-state index in [0.29, 0.717) is 6.04 Å². The lowest BCUT2D eigenvalue weighted by molar-refractivity contribution is 0.0891. The standard InChI is InChI=1S/C23H34N6/c1-24-23(27-15-12-21-11-6-7-13-25-21)26-14-8-16-29-18-17-28(2)19-22(29)20-9-4-3-5-10-20/h3-7,9-11,13,22H,8,12,14-19H2,1-2H3,(H2,24,26,27). The zero-order valence-electron chi connectivity index (χ0n) is 17.7. The number of nitrogens with zero attached hydrogens (tertiary/aromatic N) is 4. The summed E-state index contributed by atoms with van der Waals surface area (Å²) < 4.78 is 0. The van der Waals surface area contributed by atoms with Gasteiger partial charge in [0.1, 0.15) is 0 Å². The average molecular weight is 395 g/mol. The van der Waals surface area contributed by atoms with Gasteiger partial charge in [0.15, 0.2) is 5.96 Å². The van der Waals surface area contributed by atoms with Gasteiger partial charge in [0, 0.05) is 70.7 Å². The highest BCUT2D eigenvalue weighted by Gasteiger charge is 2.25. The molecule has 29 heavy (non-hydrogen) atoms. The summed E-state index contributed by atoms with van der Waals surface area (Å²) >= 11 is 0. The Morgan fingerprint density at radius 1 is 1.07 bits per heavy atom. The van der Waals surface area contributed by atoms with Crippen molar-refractivity contribution in [2.45, 2.75) is 18.9 Å². The first-order valence-electron chi connectivity index (χ1n) is 10.6. The molecule has 1 unspecified atom stereocenters. The van der Waals surface area contributed by atoms with E-state index in [9.17, 15) is 0 Å². The molecule has 2 heterocycles. The van der Waals surface area contributed by atoms with Crippen molar-refractivity contribution in [3.05, 3.63) is 66.0 Å². The Morgan fingerprint density at radius 3 is 2.62 bits per heavy atom. The Kier molecular flexibility index (Phi) is 8.46. The van der Waals surface area contributed by atoms with E-state index in [1.165, 1.54) is 5.56 Å². The molecule has 0 amide bonds. The summed E-state index contributed by atoms with van der Waals surface area (Å²) in [4.78, 5) is 13.7. The monoisotopic (exact) mass is 394 g/mol. The fraction of sp³-hybridized carbons (Fsp3) is 0.478. The molecule has 156 valence electrons. The van der Waals surface area contributed by atoms with E-state index in [4.69, 9.17) is 0 Å². The van der Waals surface area contributed by atoms with Crippen LogP contribution in [0.4, 0.5) is 0 Å². The van der Waals surface area contributed by atoms with Gasteiger partial charge >= 0.3 is 0 Å². The Bertz CT molecular complexity index is 734. The van der Waals surface area contributed by atoms with Crippen LogP contribution in [-0.4, -0.2) is 74.1 Å². The number of likely N-dealkylation sites (N-methyl/N-ethyl adjacent to an activating group) is 1. The lowest BCUT2D eigenvalue weighted by Crippen LogP contribution is -2.47. The summed E-state index contributed by atoms with van der Waals surface area (Å²) in [5, 5.41) is 6.82. The van der Waals surface area contributed by atoms with Gasteiger partial charge in [-0.05, 0) is 31.2 Å². The highest BCUT2D eigenvalue weighted by atomic mass is 15.3. The van der Waals surface area contributed by atoms with Crippen molar-refractivity contribution in [2.24, 2.45) is 4.99 Å². The number of hydrogen-bond acceptors (Lipinski definition) is 4. The zero-order valence-corrected chi connectivity index (χ0v) is 17.7. The van der Waals surface area contributed by atoms with Gasteiger partial charge in [0.2, 0.25) is 0 Å². The Hall–Kier alpha value is -2.44. The third kappa shape index (κ3) is 6.84. The van der Waals surface area contributed by atoms with Crippen molar-refractivity contribution in [1.29, 1.82) is 0 Å². The van der Waals surface area contributed by atoms with Gasteiger partial charge in [-0.1, -0.05) is 36.4 Å². The minimum absolute atomic E-state index is 0.478. The number of aliphatic imine (C=N–C) groups is 1. The van der Waals surface area contributed by atoms with Crippen molar-refractivity contribution in [3.63, 3.8) is 0 Å². The lowest BCUT2D eigenvalue weighted by Gasteiger charge is -2.40. The van der Waals surface area contributed by atoms with Crippen LogP contribution in [0.2, 0.25) is 0 Å². The summed E-state index contributed by atoms with van der Waals surface area (Å²) in [5.74, 6) is 0.860. The maximum atomic E-state index is 4.36. The molecule has 6 heteroatoms. The quantitative estimate of drug-likeness (QED) is 0.408. The van der Waals surface area contributed by atoms with Crippen LogP contribution in [0.5, 0.6) is 0 Å². The predicted octanol–water partition coefficient (Wildman–Crippen LogP) is 2.17. The number of guanidine groups is 1. The number of aromatic nitrogens is 1. The molecular formula is C23H34N6. The second-order valence-electron chi connectivity index (χ2n) is 7.58. The van der Waals surface area contributed by atoms with Gasteiger partial charge < -0.3 is 15.5 Å². The summed E-state index contributed by atoms with van der Waals surface area (Å²) in [6.07, 6.45) is 3.82. The molecule has 0 spiro atoms. The largest absolute Gasteiger partial charge is 0.356 e. The van der Waals surface area contributed by atoms with E-state index in [1.54, 1.807) is 0 Å². The number of rotatable bonds is 8. The molecule has 1 atom stereocenters. The van der Waals surface area contributed by atoms with Crippen LogP contribution in [0, 0.1) is 0 Å². The van der Waals surface area contributed by atoms with Crippen LogP contribution < -0.4 is 10.6 Å². The molecule has 1 saturated heterocycles. The molecule has 1 fully saturated rings. The van der Waals surface area contributed by atoms with E-state index in [-0.39, 0.29) is 0 Å². The number of hydrogen-bond donors (Lipinski definition) is 2. The minimum Gasteiger partial charge on any atom is -0.356 e. The summed E-state index contributed by atoms with van der Waals surface area (Å²) in [6, 6.07) is 17.4. The fourth-order valence-electron chi connectivity index (χ4n) is 3.78. The number of benzene rings is 1. The van der Waals surface area contributed by atoms with Gasteiger partial charge in [-0.3, -0.25) is 14.9 Å². The van der Waals surface area contributed by atoms with Crippen molar-refractivity contribution in [1.82, 2.24) is 25.4 Å². The van der Waals surface area contributed by atoms with Gasteiger partial charge in [0.05, 0.1) is 0 Å². The first kappa shape index (κ1) is 21.3. The molecule has 3 rings (SSSR count). The summed E-state index contributed by atoms with van der Waals surface area (Å²) in [7, 11) is 4.04. The molecule has 1 aliphatic heterocycles. The van der Waals surface area contributed by atoms with Crippen LogP contribution in [0.25, 0.3) is 0 Å². The molecule has 2 aromatic rings. The van der Waals surface area contributed by atoms with E-state index < -0.39 is 0 Å². The molecule has 0 bridgehead atoms. The maximum absolute atomic E-state index is 4.36. The first-order chi connectivity index (χ1) is 14.3. The Morgan fingerprint density at radius 2 is 1.86 bits per heavy atom. The van der Waals surface area contributed by atoms with Crippen LogP contribution in [0.15, 0.2) is 59.7 Å². The highest BCUT2D eigenvalue weighted by molar-refractivity contribution is 5.79. The molecule has 0 radical (unpaired) electrons. The third-order valence-electron chi connectivity index (χ3n) is 5.42. The van der Waals surface area contributed by atoms with Gasteiger partial charge in [-0.25, -0.2) is 0 Å². The topological polar surface area (TPSA) is 55.8 Å². The number of pyridine rings is 1. The van der Waals surface area contributed by atoms with Crippen LogP contribution in [-0.2, 0) is 6.42 Å². The fourth-order valence-corrected chi connectivity index (χ4v) is 3.78. The van der Waals surface area contributed by atoms with Crippen molar-refractivity contribution in [3.8, 4) is 0 Å². The molecule has 0 aliphatic carbocycles. The van der Waals surface area contributed by atoms with E-state index in [2.05, 4.69) is 73.9 Å². The van der Waals surface area contributed by atoms with E-state index in [0.717, 1.165) is 63.8 Å².